The molecule has 0 aliphatic heterocycles. The van der Waals surface area contributed by atoms with Gasteiger partial charge in [0.2, 0.25) is 0 Å². The average molecular weight is 563 g/mol. The predicted molar refractivity (Wildman–Crippen MR) is 160 cm³/mol. The van der Waals surface area contributed by atoms with Crippen molar-refractivity contribution in [2.24, 2.45) is 0 Å². The lowest BCUT2D eigenvalue weighted by molar-refractivity contribution is -0.247. The first kappa shape index (κ1) is 38.7. The topological polar surface area (TPSA) is 64.6 Å². The van der Waals surface area contributed by atoms with Crippen LogP contribution in [0.3, 0.4) is 0 Å². The third kappa shape index (κ3) is 25.2. The van der Waals surface area contributed by atoms with E-state index in [1.807, 2.05) is 13.8 Å². The van der Waals surface area contributed by atoms with Crippen LogP contribution in [0.5, 0.6) is 0 Å². The van der Waals surface area contributed by atoms with E-state index in [1.54, 1.807) is 0 Å². The Morgan fingerprint density at radius 3 is 0.872 bits per heavy atom. The highest BCUT2D eigenvalue weighted by Crippen LogP contribution is 2.18. The molecule has 0 aliphatic carbocycles. The molecule has 7 heteroatoms. The van der Waals surface area contributed by atoms with Gasteiger partial charge in [-0.1, -0.05) is 53.4 Å². The Hall–Kier alpha value is -0.280. The second-order valence-electron chi connectivity index (χ2n) is 10.2. The van der Waals surface area contributed by atoms with Gasteiger partial charge in [0.25, 0.3) is 0 Å². The molecule has 39 heavy (non-hydrogen) atoms. The molecule has 2 unspecified atom stereocenters. The molecule has 236 valence electrons. The molecule has 2 atom stereocenters. The van der Waals surface area contributed by atoms with Gasteiger partial charge in [-0.15, -0.1) is 0 Å². The highest BCUT2D eigenvalue weighted by molar-refractivity contribution is 4.56. The van der Waals surface area contributed by atoms with Gasteiger partial charge < -0.3 is 33.2 Å². The quantitative estimate of drug-likeness (QED) is 0.0599. The van der Waals surface area contributed by atoms with Gasteiger partial charge in [-0.2, -0.15) is 0 Å². The third-order valence-electron chi connectivity index (χ3n) is 6.30. The zero-order valence-corrected chi connectivity index (χ0v) is 26.7. The Bertz CT molecular complexity index is 410. The van der Waals surface area contributed by atoms with E-state index in [-0.39, 0.29) is 25.2 Å². The summed E-state index contributed by atoms with van der Waals surface area (Å²) >= 11 is 0. The minimum Gasteiger partial charge on any atom is -0.353 e. The maximum absolute atomic E-state index is 6.27. The van der Waals surface area contributed by atoms with Gasteiger partial charge in [0.15, 0.2) is 25.2 Å². The summed E-state index contributed by atoms with van der Waals surface area (Å²) < 4.78 is 41.5. The Balaban J connectivity index is 4.24. The Labute approximate surface area is 242 Å². The van der Waals surface area contributed by atoms with Crippen molar-refractivity contribution < 1.29 is 33.2 Å². The molecule has 0 saturated heterocycles. The van der Waals surface area contributed by atoms with Gasteiger partial charge in [-0.25, -0.2) is 0 Å². The van der Waals surface area contributed by atoms with Crippen molar-refractivity contribution in [3.8, 4) is 0 Å². The van der Waals surface area contributed by atoms with Crippen LogP contribution >= 0.6 is 0 Å². The standard InChI is InChI=1S/C32H66O7/c1-7-25-35-29(36-26-8-2)21-17-13-15-19-23-31(33-11-5)39-32(34-12-6)24-20-16-14-18-22-30(37-27-9-3)38-28-10-4/h29-32H,7-28H2,1-6H3. The summed E-state index contributed by atoms with van der Waals surface area (Å²) in [7, 11) is 0. The van der Waals surface area contributed by atoms with E-state index in [0.717, 1.165) is 116 Å². The van der Waals surface area contributed by atoms with Crippen LogP contribution in [-0.4, -0.2) is 64.8 Å². The molecule has 0 fully saturated rings. The molecule has 0 spiro atoms. The zero-order valence-electron chi connectivity index (χ0n) is 26.7. The van der Waals surface area contributed by atoms with Gasteiger partial charge >= 0.3 is 0 Å². The molecule has 0 amide bonds. The molecular weight excluding hydrogens is 496 g/mol. The number of rotatable bonds is 32. The summed E-state index contributed by atoms with van der Waals surface area (Å²) in [6.07, 6.45) is 16.4. The Kier molecular flexibility index (Phi) is 30.5. The van der Waals surface area contributed by atoms with Crippen LogP contribution in [0, 0.1) is 0 Å². The minimum atomic E-state index is -0.202. The number of ether oxygens (including phenoxy) is 7. The first-order chi connectivity index (χ1) is 19.1. The van der Waals surface area contributed by atoms with Crippen LogP contribution < -0.4 is 0 Å². The summed E-state index contributed by atoms with van der Waals surface area (Å²) in [5.41, 5.74) is 0. The molecule has 0 heterocycles. The van der Waals surface area contributed by atoms with E-state index in [2.05, 4.69) is 27.7 Å². The smallest absolute Gasteiger partial charge is 0.160 e. The second-order valence-corrected chi connectivity index (χ2v) is 10.2. The first-order valence-electron chi connectivity index (χ1n) is 16.5. The zero-order chi connectivity index (χ0) is 28.8. The predicted octanol–water partition coefficient (Wildman–Crippen LogP) is 8.77. The normalized spacial score (nSPS) is 13.5. The van der Waals surface area contributed by atoms with Gasteiger partial charge in [-0.05, 0) is 90.9 Å². The lowest BCUT2D eigenvalue weighted by Crippen LogP contribution is -2.27. The van der Waals surface area contributed by atoms with E-state index >= 15 is 0 Å². The van der Waals surface area contributed by atoms with Gasteiger partial charge in [0.1, 0.15) is 0 Å². The second kappa shape index (κ2) is 30.7. The van der Waals surface area contributed by atoms with Crippen molar-refractivity contribution in [3.63, 3.8) is 0 Å². The van der Waals surface area contributed by atoms with Crippen molar-refractivity contribution in [1.82, 2.24) is 0 Å². The van der Waals surface area contributed by atoms with Crippen molar-refractivity contribution >= 4 is 0 Å². The SMILES string of the molecule is CCCOC(CCCCCCC(OCC)OC(CCCCCCC(OCCC)OCCC)OCC)OCCC. The molecule has 0 radical (unpaired) electrons. The number of unbranched alkanes of at least 4 members (excludes halogenated alkanes) is 6. The van der Waals surface area contributed by atoms with Gasteiger partial charge in [-0.3, -0.25) is 0 Å². The van der Waals surface area contributed by atoms with E-state index in [4.69, 9.17) is 33.2 Å². The van der Waals surface area contributed by atoms with Crippen LogP contribution in [0.2, 0.25) is 0 Å². The van der Waals surface area contributed by atoms with Crippen molar-refractivity contribution in [2.75, 3.05) is 39.6 Å². The lowest BCUT2D eigenvalue weighted by Gasteiger charge is -2.25. The summed E-state index contributed by atoms with van der Waals surface area (Å²) in [5, 5.41) is 0. The van der Waals surface area contributed by atoms with E-state index in [0.29, 0.717) is 13.2 Å². The fraction of sp³-hybridized carbons (Fsp3) is 1.00. The van der Waals surface area contributed by atoms with Crippen LogP contribution in [-0.2, 0) is 33.2 Å². The maximum Gasteiger partial charge on any atom is 0.160 e. The highest BCUT2D eigenvalue weighted by Gasteiger charge is 2.17. The maximum atomic E-state index is 6.27. The number of hydrogen-bond donors (Lipinski definition) is 0. The van der Waals surface area contributed by atoms with Crippen LogP contribution in [0.15, 0.2) is 0 Å². The molecule has 0 bridgehead atoms. The fourth-order valence-electron chi connectivity index (χ4n) is 4.30. The third-order valence-corrected chi connectivity index (χ3v) is 6.30. The molecule has 0 aromatic heterocycles. The monoisotopic (exact) mass is 562 g/mol. The summed E-state index contributed by atoms with van der Waals surface area (Å²) in [5.74, 6) is 0. The molecule has 0 saturated carbocycles. The highest BCUT2D eigenvalue weighted by atomic mass is 16.8. The molecule has 7 nitrogen and oxygen atoms in total. The van der Waals surface area contributed by atoms with Gasteiger partial charge in [0, 0.05) is 39.6 Å². The summed E-state index contributed by atoms with van der Waals surface area (Å²) in [6, 6.07) is 0. The molecule has 0 aliphatic rings. The molecule has 0 aromatic rings. The van der Waals surface area contributed by atoms with Crippen LogP contribution in [0.4, 0.5) is 0 Å². The molecular formula is C32H66O7. The summed E-state index contributed by atoms with van der Waals surface area (Å²) in [4.78, 5) is 0. The van der Waals surface area contributed by atoms with Crippen LogP contribution in [0.25, 0.3) is 0 Å². The van der Waals surface area contributed by atoms with Crippen molar-refractivity contribution in [1.29, 1.82) is 0 Å². The van der Waals surface area contributed by atoms with Crippen LogP contribution in [0.1, 0.15) is 144 Å². The van der Waals surface area contributed by atoms with E-state index in [9.17, 15) is 0 Å². The van der Waals surface area contributed by atoms with E-state index < -0.39 is 0 Å². The summed E-state index contributed by atoms with van der Waals surface area (Å²) in [6.45, 7) is 17.0. The minimum absolute atomic E-state index is 0.0541. The van der Waals surface area contributed by atoms with E-state index in [1.165, 1.54) is 12.8 Å². The molecule has 0 aromatic carbocycles. The largest absolute Gasteiger partial charge is 0.353 e. The lowest BCUT2D eigenvalue weighted by atomic mass is 10.1. The van der Waals surface area contributed by atoms with Crippen molar-refractivity contribution in [3.05, 3.63) is 0 Å². The average Bonchev–Trinajstić information content (AvgIpc) is 2.94. The molecule has 0 rings (SSSR count). The number of hydrogen-bond acceptors (Lipinski definition) is 7. The fourth-order valence-corrected chi connectivity index (χ4v) is 4.30. The first-order valence-corrected chi connectivity index (χ1v) is 16.5. The Morgan fingerprint density at radius 1 is 0.333 bits per heavy atom. The van der Waals surface area contributed by atoms with Gasteiger partial charge in [0.05, 0.1) is 0 Å². The van der Waals surface area contributed by atoms with Crippen molar-refractivity contribution in [2.45, 2.75) is 169 Å². The molecule has 0 N–H and O–H groups in total. The Morgan fingerprint density at radius 2 is 0.615 bits per heavy atom.